The fourth-order valence-electron chi connectivity index (χ4n) is 2.50. The minimum atomic E-state index is -0.260. The van der Waals surface area contributed by atoms with Crippen molar-refractivity contribution >= 4 is 11.6 Å². The number of nitrogens with zero attached hydrogens (tertiary/aromatic N) is 1. The standard InChI is InChI=1S/C14H20FN3O/c1-10-9-17-14(19)13(7-8-16-2)18(10)12-5-3-11(15)4-6-12/h3-6,10,13,16H,7-9H2,1-2H3,(H,17,19). The maximum atomic E-state index is 13.0. The van der Waals surface area contributed by atoms with E-state index in [-0.39, 0.29) is 23.8 Å². The molecule has 0 radical (unpaired) electrons. The summed E-state index contributed by atoms with van der Waals surface area (Å²) in [6.07, 6.45) is 0.726. The van der Waals surface area contributed by atoms with Crippen molar-refractivity contribution in [1.82, 2.24) is 10.6 Å². The van der Waals surface area contributed by atoms with E-state index in [9.17, 15) is 9.18 Å². The van der Waals surface area contributed by atoms with Crippen LogP contribution in [0.4, 0.5) is 10.1 Å². The fraction of sp³-hybridized carbons (Fsp3) is 0.500. The summed E-state index contributed by atoms with van der Waals surface area (Å²) < 4.78 is 13.0. The first-order valence-corrected chi connectivity index (χ1v) is 6.59. The Morgan fingerprint density at radius 2 is 2.11 bits per heavy atom. The highest BCUT2D eigenvalue weighted by Crippen LogP contribution is 2.24. The van der Waals surface area contributed by atoms with Crippen LogP contribution in [0, 0.1) is 5.82 Å². The maximum Gasteiger partial charge on any atom is 0.242 e. The van der Waals surface area contributed by atoms with Crippen LogP contribution >= 0.6 is 0 Å². The molecule has 1 aliphatic rings. The van der Waals surface area contributed by atoms with Crippen molar-refractivity contribution in [2.45, 2.75) is 25.4 Å². The molecule has 2 unspecified atom stereocenters. The van der Waals surface area contributed by atoms with E-state index in [1.807, 2.05) is 7.05 Å². The van der Waals surface area contributed by atoms with Gasteiger partial charge in [-0.05, 0) is 51.2 Å². The summed E-state index contributed by atoms with van der Waals surface area (Å²) in [6, 6.07) is 6.33. The SMILES string of the molecule is CNCCC1C(=O)NCC(C)N1c1ccc(F)cc1. The van der Waals surface area contributed by atoms with E-state index in [1.54, 1.807) is 12.1 Å². The largest absolute Gasteiger partial charge is 0.355 e. The molecule has 5 heteroatoms. The number of hydrogen-bond acceptors (Lipinski definition) is 3. The molecule has 1 heterocycles. The number of benzene rings is 1. The van der Waals surface area contributed by atoms with E-state index in [1.165, 1.54) is 12.1 Å². The van der Waals surface area contributed by atoms with E-state index in [0.29, 0.717) is 6.54 Å². The second-order valence-electron chi connectivity index (χ2n) is 4.89. The molecule has 2 rings (SSSR count). The van der Waals surface area contributed by atoms with Crippen LogP contribution in [0.3, 0.4) is 0 Å². The number of rotatable bonds is 4. The van der Waals surface area contributed by atoms with Gasteiger partial charge in [-0.25, -0.2) is 4.39 Å². The molecule has 1 aromatic carbocycles. The van der Waals surface area contributed by atoms with Crippen LogP contribution in [0.2, 0.25) is 0 Å². The average molecular weight is 265 g/mol. The molecule has 1 fully saturated rings. The first-order valence-electron chi connectivity index (χ1n) is 6.59. The second-order valence-corrected chi connectivity index (χ2v) is 4.89. The molecule has 1 aromatic rings. The third-order valence-electron chi connectivity index (χ3n) is 3.48. The lowest BCUT2D eigenvalue weighted by Gasteiger charge is -2.41. The van der Waals surface area contributed by atoms with E-state index in [4.69, 9.17) is 0 Å². The highest BCUT2D eigenvalue weighted by atomic mass is 19.1. The van der Waals surface area contributed by atoms with E-state index in [2.05, 4.69) is 22.5 Å². The van der Waals surface area contributed by atoms with Crippen molar-refractivity contribution in [1.29, 1.82) is 0 Å². The first-order chi connectivity index (χ1) is 9.13. The number of hydrogen-bond donors (Lipinski definition) is 2. The van der Waals surface area contributed by atoms with E-state index >= 15 is 0 Å². The fourth-order valence-corrected chi connectivity index (χ4v) is 2.50. The van der Waals surface area contributed by atoms with Crippen LogP contribution in [-0.4, -0.2) is 38.1 Å². The molecule has 0 saturated carbocycles. The Kier molecular flexibility index (Phi) is 4.37. The summed E-state index contributed by atoms with van der Waals surface area (Å²) in [6.45, 7) is 3.45. The molecule has 0 aliphatic carbocycles. The normalized spacial score (nSPS) is 23.3. The molecule has 104 valence electrons. The van der Waals surface area contributed by atoms with Crippen molar-refractivity contribution in [3.05, 3.63) is 30.1 Å². The first kappa shape index (κ1) is 13.8. The number of nitrogens with one attached hydrogen (secondary N) is 2. The summed E-state index contributed by atoms with van der Waals surface area (Å²) in [4.78, 5) is 14.1. The molecular weight excluding hydrogens is 245 g/mol. The van der Waals surface area contributed by atoms with Crippen LogP contribution in [0.25, 0.3) is 0 Å². The van der Waals surface area contributed by atoms with Crippen molar-refractivity contribution in [2.75, 3.05) is 25.0 Å². The molecule has 1 saturated heterocycles. The minimum Gasteiger partial charge on any atom is -0.355 e. The van der Waals surface area contributed by atoms with Gasteiger partial charge in [-0.2, -0.15) is 0 Å². The molecule has 0 bridgehead atoms. The summed E-state index contributed by atoms with van der Waals surface area (Å²) in [5, 5.41) is 5.98. The predicted molar refractivity (Wildman–Crippen MR) is 73.7 cm³/mol. The van der Waals surface area contributed by atoms with Gasteiger partial charge in [0.15, 0.2) is 0 Å². The van der Waals surface area contributed by atoms with Gasteiger partial charge in [0.25, 0.3) is 0 Å². The van der Waals surface area contributed by atoms with E-state index in [0.717, 1.165) is 18.7 Å². The van der Waals surface area contributed by atoms with Gasteiger partial charge in [-0.15, -0.1) is 0 Å². The highest BCUT2D eigenvalue weighted by molar-refractivity contribution is 5.86. The lowest BCUT2D eigenvalue weighted by molar-refractivity contribution is -0.123. The Morgan fingerprint density at radius 3 is 2.74 bits per heavy atom. The molecule has 4 nitrogen and oxygen atoms in total. The lowest BCUT2D eigenvalue weighted by Crippen LogP contribution is -2.60. The summed E-state index contributed by atoms with van der Waals surface area (Å²) in [5.41, 5.74) is 0.893. The van der Waals surface area contributed by atoms with Gasteiger partial charge in [0.1, 0.15) is 11.9 Å². The predicted octanol–water partition coefficient (Wildman–Crippen LogP) is 1.13. The summed E-state index contributed by atoms with van der Waals surface area (Å²) in [7, 11) is 1.87. The zero-order valence-corrected chi connectivity index (χ0v) is 11.3. The Morgan fingerprint density at radius 1 is 1.42 bits per heavy atom. The van der Waals surface area contributed by atoms with Crippen LogP contribution in [0.5, 0.6) is 0 Å². The van der Waals surface area contributed by atoms with Gasteiger partial charge in [-0.3, -0.25) is 4.79 Å². The zero-order chi connectivity index (χ0) is 13.8. The van der Waals surface area contributed by atoms with Gasteiger partial charge >= 0.3 is 0 Å². The average Bonchev–Trinajstić information content (AvgIpc) is 2.41. The topological polar surface area (TPSA) is 44.4 Å². The quantitative estimate of drug-likeness (QED) is 0.858. The molecule has 1 aliphatic heterocycles. The smallest absolute Gasteiger partial charge is 0.242 e. The third kappa shape index (κ3) is 3.04. The van der Waals surface area contributed by atoms with Crippen molar-refractivity contribution in [3.63, 3.8) is 0 Å². The number of carbonyl (C=O) groups excluding carboxylic acids is 1. The summed E-state index contributed by atoms with van der Waals surface area (Å²) in [5.74, 6) is -0.220. The zero-order valence-electron chi connectivity index (χ0n) is 11.3. The number of piperazine rings is 1. The van der Waals surface area contributed by atoms with Crippen molar-refractivity contribution < 1.29 is 9.18 Å². The number of halogens is 1. The van der Waals surface area contributed by atoms with Crippen LogP contribution < -0.4 is 15.5 Å². The van der Waals surface area contributed by atoms with Crippen molar-refractivity contribution in [3.8, 4) is 0 Å². The number of anilines is 1. The van der Waals surface area contributed by atoms with Gasteiger partial charge in [0.05, 0.1) is 0 Å². The second kappa shape index (κ2) is 6.02. The third-order valence-corrected chi connectivity index (χ3v) is 3.48. The molecule has 0 aromatic heterocycles. The monoisotopic (exact) mass is 265 g/mol. The van der Waals surface area contributed by atoms with Gasteiger partial charge in [0, 0.05) is 18.3 Å². The van der Waals surface area contributed by atoms with Crippen LogP contribution in [0.1, 0.15) is 13.3 Å². The lowest BCUT2D eigenvalue weighted by atomic mass is 10.0. The maximum absolute atomic E-state index is 13.0. The highest BCUT2D eigenvalue weighted by Gasteiger charge is 2.33. The Balaban J connectivity index is 2.25. The molecule has 19 heavy (non-hydrogen) atoms. The van der Waals surface area contributed by atoms with Gasteiger partial charge in [0.2, 0.25) is 5.91 Å². The van der Waals surface area contributed by atoms with Gasteiger partial charge < -0.3 is 15.5 Å². The van der Waals surface area contributed by atoms with Crippen molar-refractivity contribution in [2.24, 2.45) is 0 Å². The Hall–Kier alpha value is -1.62. The van der Waals surface area contributed by atoms with Crippen LogP contribution in [-0.2, 0) is 4.79 Å². The van der Waals surface area contributed by atoms with E-state index < -0.39 is 0 Å². The molecule has 2 N–H and O–H groups in total. The molecule has 2 atom stereocenters. The summed E-state index contributed by atoms with van der Waals surface area (Å²) >= 11 is 0. The number of carbonyl (C=O) groups is 1. The van der Waals surface area contributed by atoms with Crippen LogP contribution in [0.15, 0.2) is 24.3 Å². The molecular formula is C14H20FN3O. The number of amides is 1. The molecule has 1 amide bonds. The minimum absolute atomic E-state index is 0.0395. The Labute approximate surface area is 113 Å². The Bertz CT molecular complexity index is 435. The molecule has 0 spiro atoms. The van der Waals surface area contributed by atoms with Gasteiger partial charge in [-0.1, -0.05) is 0 Å².